The van der Waals surface area contributed by atoms with Crippen LogP contribution in [0.5, 0.6) is 0 Å². The van der Waals surface area contributed by atoms with Gasteiger partial charge in [-0.3, -0.25) is 4.79 Å². The van der Waals surface area contributed by atoms with Gasteiger partial charge >= 0.3 is 0 Å². The van der Waals surface area contributed by atoms with Crippen molar-refractivity contribution in [3.8, 4) is 0 Å². The van der Waals surface area contributed by atoms with Crippen LogP contribution < -0.4 is 5.32 Å². The molecule has 0 rings (SSSR count). The van der Waals surface area contributed by atoms with Crippen molar-refractivity contribution in [2.75, 3.05) is 13.7 Å². The molecule has 15 heavy (non-hydrogen) atoms. The van der Waals surface area contributed by atoms with Crippen LogP contribution in [0.15, 0.2) is 0 Å². The van der Waals surface area contributed by atoms with E-state index >= 15 is 0 Å². The van der Waals surface area contributed by atoms with Crippen molar-refractivity contribution in [1.29, 1.82) is 0 Å². The van der Waals surface area contributed by atoms with E-state index in [1.54, 1.807) is 14.0 Å². The van der Waals surface area contributed by atoms with E-state index in [9.17, 15) is 4.79 Å². The maximum atomic E-state index is 10.9. The summed E-state index contributed by atoms with van der Waals surface area (Å²) in [4.78, 5) is 10.9. The second-order valence-electron chi connectivity index (χ2n) is 4.71. The van der Waals surface area contributed by atoms with Gasteiger partial charge in [0.2, 0.25) is 5.91 Å². The van der Waals surface area contributed by atoms with E-state index in [1.807, 2.05) is 0 Å². The first-order valence-corrected chi connectivity index (χ1v) is 5.69. The molecule has 0 saturated carbocycles. The molecule has 0 aromatic carbocycles. The van der Waals surface area contributed by atoms with E-state index in [0.29, 0.717) is 0 Å². The highest BCUT2D eigenvalue weighted by molar-refractivity contribution is 5.73. The van der Waals surface area contributed by atoms with Gasteiger partial charge in [0.05, 0.1) is 0 Å². The third-order valence-electron chi connectivity index (χ3n) is 3.01. The first kappa shape index (κ1) is 14.4. The van der Waals surface area contributed by atoms with Gasteiger partial charge in [0, 0.05) is 26.7 Å². The first-order valence-electron chi connectivity index (χ1n) is 5.69. The molecule has 0 heterocycles. The predicted octanol–water partition coefficient (Wildman–Crippen LogP) is 2.35. The van der Waals surface area contributed by atoms with Gasteiger partial charge in [-0.15, -0.1) is 0 Å². The van der Waals surface area contributed by atoms with Crippen LogP contribution in [0.3, 0.4) is 0 Å². The average Bonchev–Trinajstić information content (AvgIpc) is 2.13. The van der Waals surface area contributed by atoms with Gasteiger partial charge in [-0.05, 0) is 25.2 Å². The maximum absolute atomic E-state index is 10.9. The summed E-state index contributed by atoms with van der Waals surface area (Å²) >= 11 is 0. The second-order valence-corrected chi connectivity index (χ2v) is 4.71. The van der Waals surface area contributed by atoms with Crippen molar-refractivity contribution in [2.24, 2.45) is 5.41 Å². The van der Waals surface area contributed by atoms with E-state index in [1.165, 1.54) is 0 Å². The third-order valence-corrected chi connectivity index (χ3v) is 3.01. The number of hydrogen-bond acceptors (Lipinski definition) is 2. The number of carbonyl (C=O) groups excluding carboxylic acids is 1. The Bertz CT molecular complexity index is 194. The molecule has 0 aliphatic rings. The van der Waals surface area contributed by atoms with Crippen LogP contribution >= 0.6 is 0 Å². The zero-order chi connectivity index (χ0) is 11.9. The van der Waals surface area contributed by atoms with Crippen LogP contribution in [0.2, 0.25) is 0 Å². The van der Waals surface area contributed by atoms with Crippen LogP contribution in [0.1, 0.15) is 47.0 Å². The first-order chi connectivity index (χ1) is 6.93. The number of ether oxygens (including phenoxy) is 1. The van der Waals surface area contributed by atoms with E-state index < -0.39 is 0 Å². The maximum Gasteiger partial charge on any atom is 0.217 e. The van der Waals surface area contributed by atoms with Gasteiger partial charge in [0.1, 0.15) is 0 Å². The zero-order valence-corrected chi connectivity index (χ0v) is 10.7. The molecule has 0 aliphatic heterocycles. The number of methoxy groups -OCH3 is 1. The van der Waals surface area contributed by atoms with E-state index in [-0.39, 0.29) is 17.4 Å². The summed E-state index contributed by atoms with van der Waals surface area (Å²) in [6.45, 7) is 8.86. The summed E-state index contributed by atoms with van der Waals surface area (Å²) < 4.78 is 5.11. The van der Waals surface area contributed by atoms with Gasteiger partial charge in [-0.1, -0.05) is 20.3 Å². The molecular formula is C12H25NO2. The molecule has 0 bridgehead atoms. The highest BCUT2D eigenvalue weighted by Crippen LogP contribution is 2.31. The van der Waals surface area contributed by atoms with Crippen LogP contribution in [0.25, 0.3) is 0 Å². The Morgan fingerprint density at radius 2 is 2.13 bits per heavy atom. The summed E-state index contributed by atoms with van der Waals surface area (Å²) in [6, 6.07) is 0.240. The number of nitrogens with one attached hydrogen (secondary N) is 1. The summed E-state index contributed by atoms with van der Waals surface area (Å²) in [6.07, 6.45) is 3.16. The van der Waals surface area contributed by atoms with Gasteiger partial charge in [-0.2, -0.15) is 0 Å². The Morgan fingerprint density at radius 3 is 2.53 bits per heavy atom. The summed E-state index contributed by atoms with van der Waals surface area (Å²) in [5, 5.41) is 2.93. The molecule has 0 aromatic rings. The Labute approximate surface area is 93.6 Å². The number of amides is 1. The van der Waals surface area contributed by atoms with Crippen molar-refractivity contribution < 1.29 is 9.53 Å². The molecule has 0 aromatic heterocycles. The van der Waals surface area contributed by atoms with Crippen molar-refractivity contribution >= 4 is 5.91 Å². The minimum absolute atomic E-state index is 0.0488. The number of hydrogen-bond donors (Lipinski definition) is 1. The minimum atomic E-state index is 0.0488. The largest absolute Gasteiger partial charge is 0.385 e. The molecule has 1 amide bonds. The lowest BCUT2D eigenvalue weighted by Crippen LogP contribution is -2.35. The molecule has 0 fully saturated rings. The zero-order valence-electron chi connectivity index (χ0n) is 10.7. The lowest BCUT2D eigenvalue weighted by Gasteiger charge is -2.31. The number of rotatable bonds is 7. The topological polar surface area (TPSA) is 38.3 Å². The standard InChI is InChI=1S/C12H25NO2/c1-6-12(4,7-8-15-5)9-10(2)13-11(3)14/h10H,6-9H2,1-5H3,(H,13,14). The Hall–Kier alpha value is -0.570. The van der Waals surface area contributed by atoms with Crippen molar-refractivity contribution in [3.63, 3.8) is 0 Å². The molecule has 0 radical (unpaired) electrons. The fourth-order valence-electron chi connectivity index (χ4n) is 1.91. The molecule has 0 aliphatic carbocycles. The molecular weight excluding hydrogens is 190 g/mol. The van der Waals surface area contributed by atoms with Crippen LogP contribution in [0, 0.1) is 5.41 Å². The monoisotopic (exact) mass is 215 g/mol. The third kappa shape index (κ3) is 6.50. The highest BCUT2D eigenvalue weighted by Gasteiger charge is 2.24. The Morgan fingerprint density at radius 1 is 1.53 bits per heavy atom. The SMILES string of the molecule is CCC(C)(CCOC)CC(C)NC(C)=O. The van der Waals surface area contributed by atoms with Gasteiger partial charge in [0.15, 0.2) is 0 Å². The number of carbonyl (C=O) groups is 1. The summed E-state index contributed by atoms with van der Waals surface area (Å²) in [7, 11) is 1.73. The van der Waals surface area contributed by atoms with E-state index in [4.69, 9.17) is 4.74 Å². The molecule has 2 atom stereocenters. The van der Waals surface area contributed by atoms with E-state index in [2.05, 4.69) is 26.1 Å². The average molecular weight is 215 g/mol. The second kappa shape index (κ2) is 6.83. The molecule has 0 saturated heterocycles. The minimum Gasteiger partial charge on any atom is -0.385 e. The molecule has 3 nitrogen and oxygen atoms in total. The van der Waals surface area contributed by atoms with Crippen molar-refractivity contribution in [3.05, 3.63) is 0 Å². The predicted molar refractivity (Wildman–Crippen MR) is 62.8 cm³/mol. The molecule has 0 spiro atoms. The van der Waals surface area contributed by atoms with Gasteiger partial charge in [-0.25, -0.2) is 0 Å². The van der Waals surface area contributed by atoms with Crippen molar-refractivity contribution in [1.82, 2.24) is 5.32 Å². The van der Waals surface area contributed by atoms with Gasteiger partial charge < -0.3 is 10.1 Å². The highest BCUT2D eigenvalue weighted by atomic mass is 16.5. The van der Waals surface area contributed by atoms with E-state index in [0.717, 1.165) is 25.9 Å². The normalized spacial score (nSPS) is 16.9. The smallest absolute Gasteiger partial charge is 0.217 e. The Balaban J connectivity index is 4.10. The Kier molecular flexibility index (Phi) is 6.57. The quantitative estimate of drug-likeness (QED) is 0.708. The fraction of sp³-hybridized carbons (Fsp3) is 0.917. The lowest BCUT2D eigenvalue weighted by atomic mass is 9.79. The molecule has 2 unspecified atom stereocenters. The summed E-state index contributed by atoms with van der Waals surface area (Å²) in [5.41, 5.74) is 0.262. The van der Waals surface area contributed by atoms with Crippen LogP contribution in [0.4, 0.5) is 0 Å². The fourth-order valence-corrected chi connectivity index (χ4v) is 1.91. The molecule has 3 heteroatoms. The van der Waals surface area contributed by atoms with Gasteiger partial charge in [0.25, 0.3) is 0 Å². The van der Waals surface area contributed by atoms with Crippen molar-refractivity contribution in [2.45, 2.75) is 53.0 Å². The van der Waals surface area contributed by atoms with Crippen LogP contribution in [-0.4, -0.2) is 25.7 Å². The molecule has 1 N–H and O–H groups in total. The molecule has 90 valence electrons. The lowest BCUT2D eigenvalue weighted by molar-refractivity contribution is -0.119. The van der Waals surface area contributed by atoms with Crippen LogP contribution in [-0.2, 0) is 9.53 Å². The summed E-state index contributed by atoms with van der Waals surface area (Å²) in [5.74, 6) is 0.0488.